The molecule has 0 saturated heterocycles. The topological polar surface area (TPSA) is 37.3 Å². The molecule has 0 fully saturated rings. The lowest BCUT2D eigenvalue weighted by Gasteiger charge is -2.15. The number of carbonyl (C=O) groups is 1. The normalized spacial score (nSPS) is 25.0. The smallest absolute Gasteiger partial charge is 0.165 e. The first kappa shape index (κ1) is 10.7. The molecule has 0 spiro atoms. The SMILES string of the molecule is C#CCCCC(=C)C1C(=O)C=CC1O. The van der Waals surface area contributed by atoms with Crippen LogP contribution in [-0.2, 0) is 4.79 Å². The summed E-state index contributed by atoms with van der Waals surface area (Å²) in [5.41, 5.74) is 0.780. The van der Waals surface area contributed by atoms with Gasteiger partial charge in [-0.25, -0.2) is 0 Å². The largest absolute Gasteiger partial charge is 0.388 e. The van der Waals surface area contributed by atoms with Gasteiger partial charge in [-0.15, -0.1) is 12.3 Å². The molecule has 0 saturated carbocycles. The second-order valence-electron chi connectivity index (χ2n) is 3.45. The van der Waals surface area contributed by atoms with E-state index in [4.69, 9.17) is 6.42 Å². The highest BCUT2D eigenvalue weighted by molar-refractivity contribution is 5.96. The Morgan fingerprint density at radius 1 is 1.71 bits per heavy atom. The fraction of sp³-hybridized carbons (Fsp3) is 0.417. The van der Waals surface area contributed by atoms with Gasteiger partial charge >= 0.3 is 0 Å². The van der Waals surface area contributed by atoms with Crippen molar-refractivity contribution in [3.8, 4) is 12.3 Å². The summed E-state index contributed by atoms with van der Waals surface area (Å²) in [4.78, 5) is 11.3. The molecule has 0 bridgehead atoms. The fourth-order valence-corrected chi connectivity index (χ4v) is 1.59. The minimum absolute atomic E-state index is 0.0526. The molecule has 2 unspecified atom stereocenters. The molecule has 14 heavy (non-hydrogen) atoms. The zero-order valence-corrected chi connectivity index (χ0v) is 8.07. The molecule has 0 aromatic carbocycles. The lowest BCUT2D eigenvalue weighted by Crippen LogP contribution is -2.21. The van der Waals surface area contributed by atoms with Gasteiger partial charge in [0.15, 0.2) is 5.78 Å². The summed E-state index contributed by atoms with van der Waals surface area (Å²) in [5, 5.41) is 9.48. The van der Waals surface area contributed by atoms with E-state index in [1.54, 1.807) is 0 Å². The van der Waals surface area contributed by atoms with Gasteiger partial charge in [-0.2, -0.15) is 0 Å². The predicted octanol–water partition coefficient (Wildman–Crippen LogP) is 1.46. The first-order chi connectivity index (χ1) is 6.66. The molecule has 0 aromatic rings. The highest BCUT2D eigenvalue weighted by Gasteiger charge is 2.30. The molecule has 0 aliphatic heterocycles. The van der Waals surface area contributed by atoms with Gasteiger partial charge < -0.3 is 5.11 Å². The third kappa shape index (κ3) is 2.34. The van der Waals surface area contributed by atoms with Crippen molar-refractivity contribution in [1.82, 2.24) is 0 Å². The molecular formula is C12H14O2. The summed E-state index contributed by atoms with van der Waals surface area (Å²) >= 11 is 0. The second kappa shape index (κ2) is 4.78. The van der Waals surface area contributed by atoms with Crippen LogP contribution in [0.1, 0.15) is 19.3 Å². The third-order valence-corrected chi connectivity index (χ3v) is 2.36. The number of allylic oxidation sites excluding steroid dienone is 1. The number of aliphatic hydroxyl groups is 1. The van der Waals surface area contributed by atoms with Gasteiger partial charge in [0, 0.05) is 6.42 Å². The highest BCUT2D eigenvalue weighted by atomic mass is 16.3. The molecule has 1 N–H and O–H groups in total. The lowest BCUT2D eigenvalue weighted by atomic mass is 9.91. The number of hydrogen-bond acceptors (Lipinski definition) is 2. The minimum atomic E-state index is -0.694. The zero-order chi connectivity index (χ0) is 10.6. The molecule has 1 rings (SSSR count). The maximum Gasteiger partial charge on any atom is 0.165 e. The van der Waals surface area contributed by atoms with Crippen molar-refractivity contribution in [3.63, 3.8) is 0 Å². The Hall–Kier alpha value is -1.33. The monoisotopic (exact) mass is 190 g/mol. The molecule has 2 nitrogen and oxygen atoms in total. The first-order valence-corrected chi connectivity index (χ1v) is 4.68. The second-order valence-corrected chi connectivity index (χ2v) is 3.45. The number of hydrogen-bond donors (Lipinski definition) is 1. The van der Waals surface area contributed by atoms with E-state index < -0.39 is 12.0 Å². The van der Waals surface area contributed by atoms with Gasteiger partial charge in [-0.1, -0.05) is 18.2 Å². The van der Waals surface area contributed by atoms with Gasteiger partial charge in [0.1, 0.15) is 0 Å². The van der Waals surface area contributed by atoms with Crippen LogP contribution in [0.4, 0.5) is 0 Å². The molecule has 0 heterocycles. The van der Waals surface area contributed by atoms with E-state index in [0.717, 1.165) is 12.0 Å². The van der Waals surface area contributed by atoms with Gasteiger partial charge in [0.05, 0.1) is 12.0 Å². The van der Waals surface area contributed by atoms with Crippen LogP contribution >= 0.6 is 0 Å². The Morgan fingerprint density at radius 3 is 2.93 bits per heavy atom. The molecule has 1 aliphatic rings. The van der Waals surface area contributed by atoms with Crippen molar-refractivity contribution in [1.29, 1.82) is 0 Å². The van der Waals surface area contributed by atoms with E-state index >= 15 is 0 Å². The van der Waals surface area contributed by atoms with Crippen LogP contribution in [0.15, 0.2) is 24.3 Å². The molecule has 0 radical (unpaired) electrons. The van der Waals surface area contributed by atoms with Crippen molar-refractivity contribution in [2.75, 3.05) is 0 Å². The summed E-state index contributed by atoms with van der Waals surface area (Å²) in [5.74, 6) is 2.04. The van der Waals surface area contributed by atoms with Gasteiger partial charge in [0.2, 0.25) is 0 Å². The number of carbonyl (C=O) groups excluding carboxylic acids is 1. The minimum Gasteiger partial charge on any atom is -0.388 e. The van der Waals surface area contributed by atoms with Gasteiger partial charge in [-0.05, 0) is 18.9 Å². The number of aliphatic hydroxyl groups excluding tert-OH is 1. The van der Waals surface area contributed by atoms with Crippen molar-refractivity contribution in [2.24, 2.45) is 5.92 Å². The summed E-state index contributed by atoms with van der Waals surface area (Å²) in [7, 11) is 0. The van der Waals surface area contributed by atoms with E-state index in [2.05, 4.69) is 12.5 Å². The number of unbranched alkanes of at least 4 members (excludes halogenated alkanes) is 1. The third-order valence-electron chi connectivity index (χ3n) is 2.36. The van der Waals surface area contributed by atoms with Crippen LogP contribution in [-0.4, -0.2) is 17.0 Å². The molecule has 2 atom stereocenters. The first-order valence-electron chi connectivity index (χ1n) is 4.68. The quantitative estimate of drug-likeness (QED) is 0.414. The lowest BCUT2D eigenvalue weighted by molar-refractivity contribution is -0.118. The maximum atomic E-state index is 11.3. The Balaban J connectivity index is 2.46. The van der Waals surface area contributed by atoms with E-state index in [1.807, 2.05) is 0 Å². The maximum absolute atomic E-state index is 11.3. The van der Waals surface area contributed by atoms with Crippen LogP contribution in [0.5, 0.6) is 0 Å². The molecule has 0 aromatic heterocycles. The highest BCUT2D eigenvalue weighted by Crippen LogP contribution is 2.25. The Labute approximate surface area is 84.3 Å². The van der Waals surface area contributed by atoms with Gasteiger partial charge in [0.25, 0.3) is 0 Å². The van der Waals surface area contributed by atoms with Crippen molar-refractivity contribution < 1.29 is 9.90 Å². The van der Waals surface area contributed by atoms with Crippen molar-refractivity contribution in [3.05, 3.63) is 24.3 Å². The van der Waals surface area contributed by atoms with Crippen molar-refractivity contribution >= 4 is 5.78 Å². The average molecular weight is 190 g/mol. The predicted molar refractivity (Wildman–Crippen MR) is 55.5 cm³/mol. The number of terminal acetylenes is 1. The van der Waals surface area contributed by atoms with Crippen LogP contribution in [0.3, 0.4) is 0 Å². The number of ketones is 1. The fourth-order valence-electron chi connectivity index (χ4n) is 1.59. The molecular weight excluding hydrogens is 176 g/mol. The van der Waals surface area contributed by atoms with Gasteiger partial charge in [-0.3, -0.25) is 4.79 Å². The number of rotatable bonds is 4. The Morgan fingerprint density at radius 2 is 2.43 bits per heavy atom. The standard InChI is InChI=1S/C12H14O2/c1-3-4-5-6-9(2)12-10(13)7-8-11(12)14/h1,7-8,10,12-13H,2,4-6H2. The molecule has 0 amide bonds. The van der Waals surface area contributed by atoms with Crippen molar-refractivity contribution in [2.45, 2.75) is 25.4 Å². The Kier molecular flexibility index (Phi) is 3.67. The van der Waals surface area contributed by atoms with E-state index in [0.29, 0.717) is 12.8 Å². The van der Waals surface area contributed by atoms with Crippen LogP contribution in [0.25, 0.3) is 0 Å². The summed E-state index contributed by atoms with van der Waals surface area (Å²) < 4.78 is 0. The molecule has 2 heteroatoms. The summed E-state index contributed by atoms with van der Waals surface area (Å²) in [6.07, 6.45) is 9.57. The van der Waals surface area contributed by atoms with E-state index in [1.165, 1.54) is 12.2 Å². The van der Waals surface area contributed by atoms with E-state index in [-0.39, 0.29) is 5.78 Å². The average Bonchev–Trinajstić information content (AvgIpc) is 2.46. The zero-order valence-electron chi connectivity index (χ0n) is 8.07. The summed E-state index contributed by atoms with van der Waals surface area (Å²) in [6, 6.07) is 0. The molecule has 1 aliphatic carbocycles. The van der Waals surface area contributed by atoms with Crippen LogP contribution < -0.4 is 0 Å². The van der Waals surface area contributed by atoms with E-state index in [9.17, 15) is 9.90 Å². The van der Waals surface area contributed by atoms with Crippen LogP contribution in [0, 0.1) is 18.3 Å². The molecule has 74 valence electrons. The summed E-state index contributed by atoms with van der Waals surface area (Å²) in [6.45, 7) is 3.82. The van der Waals surface area contributed by atoms with Crippen LogP contribution in [0.2, 0.25) is 0 Å². The Bertz CT molecular complexity index is 307.